The number of carbonyl (C=O) groups excluding carboxylic acids is 2. The normalized spacial score (nSPS) is 13.4. The number of anilines is 1. The molecule has 1 aliphatic carbocycles. The van der Waals surface area contributed by atoms with Crippen molar-refractivity contribution in [3.63, 3.8) is 0 Å². The van der Waals surface area contributed by atoms with E-state index in [1.807, 2.05) is 32.0 Å². The largest absolute Gasteiger partial charge is 0.507 e. The number of amides is 2. The zero-order valence-corrected chi connectivity index (χ0v) is 18.4. The van der Waals surface area contributed by atoms with Crippen LogP contribution in [0.2, 0.25) is 0 Å². The van der Waals surface area contributed by atoms with Gasteiger partial charge in [-0.15, -0.1) is 0 Å². The van der Waals surface area contributed by atoms with Crippen LogP contribution in [0.4, 0.5) is 10.5 Å². The molecule has 7 nitrogen and oxygen atoms in total. The van der Waals surface area contributed by atoms with Gasteiger partial charge in [-0.25, -0.2) is 4.79 Å². The number of phenols is 1. The van der Waals surface area contributed by atoms with Gasteiger partial charge < -0.3 is 15.7 Å². The zero-order chi connectivity index (χ0) is 22.7. The Morgan fingerprint density at radius 2 is 1.88 bits per heavy atom. The number of nitrogens with one attached hydrogen (secondary N) is 2. The Balaban J connectivity index is 1.57. The number of hydrogen-bond acceptors (Lipinski definition) is 4. The maximum atomic E-state index is 12.6. The number of benzene rings is 2. The third-order valence-electron chi connectivity index (χ3n) is 5.82. The van der Waals surface area contributed by atoms with Crippen LogP contribution in [0, 0.1) is 6.92 Å². The number of aromatic nitrogens is 2. The third kappa shape index (κ3) is 4.51. The van der Waals surface area contributed by atoms with E-state index in [4.69, 9.17) is 0 Å². The molecule has 0 bridgehead atoms. The van der Waals surface area contributed by atoms with Gasteiger partial charge in [-0.2, -0.15) is 9.78 Å². The van der Waals surface area contributed by atoms with Crippen molar-refractivity contribution in [3.8, 4) is 17.0 Å². The summed E-state index contributed by atoms with van der Waals surface area (Å²) in [5.74, 6) is 0.0469. The van der Waals surface area contributed by atoms with Gasteiger partial charge in [0.25, 0.3) is 5.91 Å². The number of carbonyl (C=O) groups is 2. The molecule has 1 fully saturated rings. The Kier molecular flexibility index (Phi) is 6.25. The second kappa shape index (κ2) is 9.26. The maximum absolute atomic E-state index is 12.6. The van der Waals surface area contributed by atoms with Crippen LogP contribution in [-0.2, 0) is 0 Å². The molecule has 1 saturated carbocycles. The van der Waals surface area contributed by atoms with Crippen molar-refractivity contribution in [2.45, 2.75) is 45.4 Å². The average Bonchev–Trinajstić information content (AvgIpc) is 3.15. The van der Waals surface area contributed by atoms with Crippen LogP contribution in [0.15, 0.2) is 48.5 Å². The van der Waals surface area contributed by atoms with E-state index in [1.165, 1.54) is 10.7 Å². The first-order chi connectivity index (χ1) is 15.5. The third-order valence-corrected chi connectivity index (χ3v) is 5.82. The van der Waals surface area contributed by atoms with Gasteiger partial charge in [-0.3, -0.25) is 4.79 Å². The minimum absolute atomic E-state index is 0.00881. The van der Waals surface area contributed by atoms with Crippen LogP contribution in [0.25, 0.3) is 11.3 Å². The first-order valence-electron chi connectivity index (χ1n) is 11.1. The molecule has 3 N–H and O–H groups in total. The number of aryl methyl sites for hydroxylation is 1. The van der Waals surface area contributed by atoms with Gasteiger partial charge in [-0.1, -0.05) is 31.0 Å². The number of hydrogen-bond donors (Lipinski definition) is 3. The summed E-state index contributed by atoms with van der Waals surface area (Å²) < 4.78 is 1.43. The van der Waals surface area contributed by atoms with E-state index in [9.17, 15) is 14.7 Å². The van der Waals surface area contributed by atoms with Gasteiger partial charge in [-0.05, 0) is 56.5 Å². The summed E-state index contributed by atoms with van der Waals surface area (Å²) >= 11 is 0. The molecular formula is C25H28N4O3. The van der Waals surface area contributed by atoms with Crippen LogP contribution >= 0.6 is 0 Å². The van der Waals surface area contributed by atoms with Crippen molar-refractivity contribution in [1.82, 2.24) is 15.1 Å². The number of rotatable bonds is 6. The van der Waals surface area contributed by atoms with E-state index < -0.39 is 0 Å². The average molecular weight is 433 g/mol. The van der Waals surface area contributed by atoms with E-state index in [2.05, 4.69) is 15.7 Å². The van der Waals surface area contributed by atoms with Crippen molar-refractivity contribution in [2.24, 2.45) is 0 Å². The molecule has 0 unspecified atom stereocenters. The molecule has 1 aromatic heterocycles. The van der Waals surface area contributed by atoms with Crippen molar-refractivity contribution >= 4 is 17.6 Å². The SMILES string of the molecule is CCCNC(=O)n1nc(-c2ccc(NC(=O)c3ccc(C)cc3)cc2O)cc1C1CCC1. The van der Waals surface area contributed by atoms with Crippen LogP contribution < -0.4 is 10.6 Å². The molecule has 2 aromatic carbocycles. The number of phenolic OH excluding ortho intramolecular Hbond substituents is 1. The summed E-state index contributed by atoms with van der Waals surface area (Å²) in [7, 11) is 0. The summed E-state index contributed by atoms with van der Waals surface area (Å²) in [4.78, 5) is 25.1. The predicted octanol–water partition coefficient (Wildman–Crippen LogP) is 5.05. The Morgan fingerprint density at radius 3 is 2.50 bits per heavy atom. The standard InChI is InChI=1S/C25H28N4O3/c1-3-13-26-25(32)29-22(17-5-4-6-17)15-21(28-29)20-12-11-19(14-23(20)30)27-24(31)18-9-7-16(2)8-10-18/h7-12,14-15,17,30H,3-6,13H2,1-2H3,(H,26,32)(H,27,31). The fourth-order valence-electron chi connectivity index (χ4n) is 3.73. The smallest absolute Gasteiger partial charge is 0.342 e. The van der Waals surface area contributed by atoms with Crippen molar-refractivity contribution in [2.75, 3.05) is 11.9 Å². The van der Waals surface area contributed by atoms with E-state index in [0.717, 1.165) is 36.9 Å². The van der Waals surface area contributed by atoms with Gasteiger partial charge in [0.05, 0.1) is 11.4 Å². The fraction of sp³-hybridized carbons (Fsp3) is 0.320. The lowest BCUT2D eigenvalue weighted by Gasteiger charge is -2.25. The van der Waals surface area contributed by atoms with Crippen LogP contribution in [0.3, 0.4) is 0 Å². The monoisotopic (exact) mass is 432 g/mol. The Hall–Kier alpha value is -3.61. The molecule has 0 aliphatic heterocycles. The highest BCUT2D eigenvalue weighted by molar-refractivity contribution is 6.04. The highest BCUT2D eigenvalue weighted by atomic mass is 16.3. The molecule has 7 heteroatoms. The van der Waals surface area contributed by atoms with E-state index in [-0.39, 0.29) is 17.7 Å². The minimum Gasteiger partial charge on any atom is -0.507 e. The molecule has 0 saturated heterocycles. The summed E-state index contributed by atoms with van der Waals surface area (Å²) in [5.41, 5.74) is 4.02. The molecular weight excluding hydrogens is 404 g/mol. The molecule has 1 heterocycles. The fourth-order valence-corrected chi connectivity index (χ4v) is 3.73. The van der Waals surface area contributed by atoms with Gasteiger partial charge in [0.2, 0.25) is 0 Å². The Morgan fingerprint density at radius 1 is 1.12 bits per heavy atom. The molecule has 0 spiro atoms. The Labute approximate surface area is 187 Å². The first kappa shape index (κ1) is 21.6. The topological polar surface area (TPSA) is 96.3 Å². The first-order valence-corrected chi connectivity index (χ1v) is 11.1. The van der Waals surface area contributed by atoms with Crippen LogP contribution in [0.1, 0.15) is 60.1 Å². The predicted molar refractivity (Wildman–Crippen MR) is 124 cm³/mol. The molecule has 4 rings (SSSR count). The Bertz CT molecular complexity index is 1130. The summed E-state index contributed by atoms with van der Waals surface area (Å²) in [6, 6.07) is 13.8. The molecule has 3 aromatic rings. The summed E-state index contributed by atoms with van der Waals surface area (Å²) in [5, 5.41) is 20.8. The number of aromatic hydroxyl groups is 1. The lowest BCUT2D eigenvalue weighted by atomic mass is 9.82. The highest BCUT2D eigenvalue weighted by Crippen LogP contribution is 2.39. The number of nitrogens with zero attached hydrogens (tertiary/aromatic N) is 2. The molecule has 0 atom stereocenters. The lowest BCUT2D eigenvalue weighted by Crippen LogP contribution is -2.32. The van der Waals surface area contributed by atoms with Crippen LogP contribution in [0.5, 0.6) is 5.75 Å². The molecule has 1 aliphatic rings. The van der Waals surface area contributed by atoms with E-state index >= 15 is 0 Å². The van der Waals surface area contributed by atoms with Crippen molar-refractivity contribution < 1.29 is 14.7 Å². The second-order valence-electron chi connectivity index (χ2n) is 8.28. The second-order valence-corrected chi connectivity index (χ2v) is 8.28. The van der Waals surface area contributed by atoms with Gasteiger partial charge in [0.15, 0.2) is 0 Å². The molecule has 166 valence electrons. The summed E-state index contributed by atoms with van der Waals surface area (Å²) in [6.45, 7) is 4.54. The van der Waals surface area contributed by atoms with Gasteiger partial charge >= 0.3 is 6.03 Å². The van der Waals surface area contributed by atoms with E-state index in [1.54, 1.807) is 24.3 Å². The maximum Gasteiger partial charge on any atom is 0.342 e. The van der Waals surface area contributed by atoms with Crippen molar-refractivity contribution in [1.29, 1.82) is 0 Å². The highest BCUT2D eigenvalue weighted by Gasteiger charge is 2.27. The van der Waals surface area contributed by atoms with Crippen molar-refractivity contribution in [3.05, 3.63) is 65.4 Å². The van der Waals surface area contributed by atoms with Gasteiger partial charge in [0.1, 0.15) is 5.75 Å². The minimum atomic E-state index is -0.249. The molecule has 32 heavy (non-hydrogen) atoms. The molecule has 0 radical (unpaired) electrons. The summed E-state index contributed by atoms with van der Waals surface area (Å²) in [6.07, 6.45) is 4.04. The van der Waals surface area contributed by atoms with Gasteiger partial charge in [0, 0.05) is 35.3 Å². The zero-order valence-electron chi connectivity index (χ0n) is 18.4. The molecule has 2 amide bonds. The van der Waals surface area contributed by atoms with Crippen LogP contribution in [-0.4, -0.2) is 33.4 Å². The lowest BCUT2D eigenvalue weighted by molar-refractivity contribution is 0.102. The quantitative estimate of drug-likeness (QED) is 0.508. The van der Waals surface area contributed by atoms with E-state index in [0.29, 0.717) is 35.0 Å².